The van der Waals surface area contributed by atoms with Crippen LogP contribution >= 0.6 is 0 Å². The summed E-state index contributed by atoms with van der Waals surface area (Å²) in [4.78, 5) is 2.37. The van der Waals surface area contributed by atoms with Crippen molar-refractivity contribution in [2.24, 2.45) is 5.92 Å². The molecule has 0 aromatic heterocycles. The van der Waals surface area contributed by atoms with Crippen LogP contribution < -0.4 is 10.1 Å². The largest absolute Gasteiger partial charge is 0.496 e. The summed E-state index contributed by atoms with van der Waals surface area (Å²) in [5, 5.41) is 3.24. The second-order valence-corrected chi connectivity index (χ2v) is 7.20. The maximum atomic E-state index is 5.58. The maximum Gasteiger partial charge on any atom is 0.122 e. The Morgan fingerprint density at radius 1 is 1.12 bits per heavy atom. The fourth-order valence-electron chi connectivity index (χ4n) is 4.08. The van der Waals surface area contributed by atoms with Crippen molar-refractivity contribution >= 4 is 0 Å². The SMILES string of the molecule is CNCCc1cc(C2C(Cc3ccccc3)C(C)=CN2C)ccc1OC. The monoisotopic (exact) mass is 350 g/mol. The van der Waals surface area contributed by atoms with E-state index in [9.17, 15) is 0 Å². The Bertz CT molecular complexity index is 754. The van der Waals surface area contributed by atoms with E-state index in [-0.39, 0.29) is 0 Å². The molecule has 1 N–H and O–H groups in total. The first-order chi connectivity index (χ1) is 12.6. The molecular formula is C23H30N2O. The number of rotatable bonds is 7. The van der Waals surface area contributed by atoms with Gasteiger partial charge in [-0.1, -0.05) is 42.0 Å². The highest BCUT2D eigenvalue weighted by molar-refractivity contribution is 5.41. The van der Waals surface area contributed by atoms with Crippen molar-refractivity contribution in [2.45, 2.75) is 25.8 Å². The Morgan fingerprint density at radius 2 is 1.88 bits per heavy atom. The van der Waals surface area contributed by atoms with Gasteiger partial charge in [0.15, 0.2) is 0 Å². The number of benzene rings is 2. The normalized spacial score (nSPS) is 19.5. The predicted molar refractivity (Wildman–Crippen MR) is 109 cm³/mol. The van der Waals surface area contributed by atoms with E-state index in [0.717, 1.165) is 25.1 Å². The van der Waals surface area contributed by atoms with E-state index < -0.39 is 0 Å². The van der Waals surface area contributed by atoms with Crippen LogP contribution in [-0.2, 0) is 12.8 Å². The van der Waals surface area contributed by atoms with Crippen molar-refractivity contribution in [3.8, 4) is 5.75 Å². The number of methoxy groups -OCH3 is 1. The Morgan fingerprint density at radius 3 is 2.58 bits per heavy atom. The molecule has 1 aliphatic heterocycles. The zero-order chi connectivity index (χ0) is 18.5. The number of nitrogens with zero attached hydrogens (tertiary/aromatic N) is 1. The Kier molecular flexibility index (Phi) is 6.00. The summed E-state index contributed by atoms with van der Waals surface area (Å²) in [6.07, 6.45) is 4.34. The summed E-state index contributed by atoms with van der Waals surface area (Å²) < 4.78 is 5.58. The van der Waals surface area contributed by atoms with E-state index in [1.54, 1.807) is 7.11 Å². The van der Waals surface area contributed by atoms with Gasteiger partial charge < -0.3 is 15.0 Å². The third-order valence-corrected chi connectivity index (χ3v) is 5.40. The number of likely N-dealkylation sites (N-methyl/N-ethyl adjacent to an activating group) is 1. The second kappa shape index (κ2) is 8.41. The van der Waals surface area contributed by atoms with E-state index in [4.69, 9.17) is 4.74 Å². The third kappa shape index (κ3) is 3.94. The summed E-state index contributed by atoms with van der Waals surface area (Å²) in [6, 6.07) is 17.9. The first-order valence-corrected chi connectivity index (χ1v) is 9.39. The van der Waals surface area contributed by atoms with Crippen molar-refractivity contribution in [3.05, 3.63) is 77.0 Å². The molecule has 3 heteroatoms. The minimum absolute atomic E-state index is 0.370. The summed E-state index contributed by atoms with van der Waals surface area (Å²) >= 11 is 0. The summed E-state index contributed by atoms with van der Waals surface area (Å²) in [6.45, 7) is 3.21. The number of hydrogen-bond acceptors (Lipinski definition) is 3. The van der Waals surface area contributed by atoms with E-state index >= 15 is 0 Å². The van der Waals surface area contributed by atoms with E-state index in [2.05, 4.69) is 78.9 Å². The predicted octanol–water partition coefficient (Wildman–Crippen LogP) is 4.21. The standard InChI is InChI=1S/C23H30N2O/c1-17-16-25(3)23(21(17)14-18-8-6-5-7-9-18)20-10-11-22(26-4)19(15-20)12-13-24-2/h5-11,15-16,21,23-24H,12-14H2,1-4H3. The first-order valence-electron chi connectivity index (χ1n) is 9.39. The van der Waals surface area contributed by atoms with Gasteiger partial charge in [-0.3, -0.25) is 0 Å². The number of hydrogen-bond donors (Lipinski definition) is 1. The van der Waals surface area contributed by atoms with E-state index in [1.807, 2.05) is 7.05 Å². The Labute approximate surface area is 157 Å². The quantitative estimate of drug-likeness (QED) is 0.810. The van der Waals surface area contributed by atoms with E-state index in [1.165, 1.54) is 22.3 Å². The molecule has 0 saturated carbocycles. The van der Waals surface area contributed by atoms with Crippen molar-refractivity contribution in [3.63, 3.8) is 0 Å². The lowest BCUT2D eigenvalue weighted by molar-refractivity contribution is 0.299. The summed E-state index contributed by atoms with van der Waals surface area (Å²) in [5.74, 6) is 1.47. The van der Waals surface area contributed by atoms with Crippen LogP contribution in [0.3, 0.4) is 0 Å². The molecule has 1 heterocycles. The highest BCUT2D eigenvalue weighted by Gasteiger charge is 2.32. The van der Waals surface area contributed by atoms with Gasteiger partial charge in [0.05, 0.1) is 13.2 Å². The van der Waals surface area contributed by atoms with Gasteiger partial charge in [-0.25, -0.2) is 0 Å². The van der Waals surface area contributed by atoms with Gasteiger partial charge in [0.25, 0.3) is 0 Å². The lowest BCUT2D eigenvalue weighted by Gasteiger charge is -2.29. The molecule has 2 aromatic carbocycles. The lowest BCUT2D eigenvalue weighted by Crippen LogP contribution is -2.23. The number of nitrogens with one attached hydrogen (secondary N) is 1. The molecule has 3 nitrogen and oxygen atoms in total. The van der Waals surface area contributed by atoms with Gasteiger partial charge in [0.1, 0.15) is 5.75 Å². The Balaban J connectivity index is 1.90. The van der Waals surface area contributed by atoms with Gasteiger partial charge in [-0.15, -0.1) is 0 Å². The molecule has 3 rings (SSSR count). The van der Waals surface area contributed by atoms with Crippen LogP contribution in [0.5, 0.6) is 5.75 Å². The van der Waals surface area contributed by atoms with E-state index in [0.29, 0.717) is 12.0 Å². The smallest absolute Gasteiger partial charge is 0.122 e. The van der Waals surface area contributed by atoms with Gasteiger partial charge in [-0.05, 0) is 68.4 Å². The highest BCUT2D eigenvalue weighted by atomic mass is 16.5. The van der Waals surface area contributed by atoms with Crippen LogP contribution in [0.1, 0.15) is 29.7 Å². The molecule has 0 aliphatic carbocycles. The van der Waals surface area contributed by atoms with Crippen LogP contribution in [-0.4, -0.2) is 32.6 Å². The average molecular weight is 351 g/mol. The summed E-state index contributed by atoms with van der Waals surface area (Å²) in [5.41, 5.74) is 5.49. The van der Waals surface area contributed by atoms with Gasteiger partial charge in [0, 0.05) is 13.0 Å². The topological polar surface area (TPSA) is 24.5 Å². The molecule has 0 bridgehead atoms. The van der Waals surface area contributed by atoms with Crippen molar-refractivity contribution in [1.29, 1.82) is 0 Å². The zero-order valence-corrected chi connectivity index (χ0v) is 16.3. The lowest BCUT2D eigenvalue weighted by atomic mass is 9.84. The fourth-order valence-corrected chi connectivity index (χ4v) is 4.08. The van der Waals surface area contributed by atoms with Gasteiger partial charge in [0.2, 0.25) is 0 Å². The van der Waals surface area contributed by atoms with Gasteiger partial charge in [-0.2, -0.15) is 0 Å². The Hall–Kier alpha value is -2.26. The van der Waals surface area contributed by atoms with Crippen LogP contribution in [0.15, 0.2) is 60.3 Å². The third-order valence-electron chi connectivity index (χ3n) is 5.40. The molecule has 2 atom stereocenters. The minimum Gasteiger partial charge on any atom is -0.496 e. The molecule has 2 unspecified atom stereocenters. The van der Waals surface area contributed by atoms with Crippen LogP contribution in [0.25, 0.3) is 0 Å². The minimum atomic E-state index is 0.370. The molecular weight excluding hydrogens is 320 g/mol. The molecule has 0 amide bonds. The number of ether oxygens (including phenoxy) is 1. The molecule has 2 aromatic rings. The zero-order valence-electron chi connectivity index (χ0n) is 16.3. The molecule has 0 fully saturated rings. The second-order valence-electron chi connectivity index (χ2n) is 7.20. The van der Waals surface area contributed by atoms with Gasteiger partial charge >= 0.3 is 0 Å². The fraction of sp³-hybridized carbons (Fsp3) is 0.391. The molecule has 0 saturated heterocycles. The maximum absolute atomic E-state index is 5.58. The molecule has 0 spiro atoms. The first kappa shape index (κ1) is 18.5. The molecule has 0 radical (unpaired) electrons. The van der Waals surface area contributed by atoms with Crippen molar-refractivity contribution < 1.29 is 4.74 Å². The van der Waals surface area contributed by atoms with Crippen LogP contribution in [0, 0.1) is 5.92 Å². The average Bonchev–Trinajstić information content (AvgIpc) is 2.93. The highest BCUT2D eigenvalue weighted by Crippen LogP contribution is 2.41. The summed E-state index contributed by atoms with van der Waals surface area (Å²) in [7, 11) is 5.93. The molecule has 138 valence electrons. The van der Waals surface area contributed by atoms with Crippen LogP contribution in [0.4, 0.5) is 0 Å². The van der Waals surface area contributed by atoms with Crippen LogP contribution in [0.2, 0.25) is 0 Å². The van der Waals surface area contributed by atoms with Crippen molar-refractivity contribution in [2.75, 3.05) is 27.7 Å². The molecule has 1 aliphatic rings. The van der Waals surface area contributed by atoms with Crippen molar-refractivity contribution in [1.82, 2.24) is 10.2 Å². The molecule has 26 heavy (non-hydrogen) atoms.